The summed E-state index contributed by atoms with van der Waals surface area (Å²) in [5.41, 5.74) is -0.244. The third kappa shape index (κ3) is 3.42. The number of rotatable bonds is 3. The fourth-order valence-electron chi connectivity index (χ4n) is 2.78. The van der Waals surface area contributed by atoms with Crippen molar-refractivity contribution in [1.29, 1.82) is 0 Å². The number of hydrogen-bond donors (Lipinski definition) is 1. The first-order valence-corrected chi connectivity index (χ1v) is 6.63. The highest BCUT2D eigenvalue weighted by molar-refractivity contribution is 5.77. The largest absolute Gasteiger partial charge is 0.366 e. The molecule has 0 radical (unpaired) electrons. The third-order valence-electron chi connectivity index (χ3n) is 3.59. The number of nitrogens with one attached hydrogen (secondary N) is 1. The molecule has 4 heteroatoms. The van der Waals surface area contributed by atoms with Crippen LogP contribution in [-0.2, 0) is 9.53 Å². The van der Waals surface area contributed by atoms with E-state index in [1.807, 2.05) is 20.8 Å². The van der Waals surface area contributed by atoms with Crippen LogP contribution in [0.5, 0.6) is 0 Å². The minimum atomic E-state index is -0.244. The lowest BCUT2D eigenvalue weighted by Gasteiger charge is -2.23. The van der Waals surface area contributed by atoms with Gasteiger partial charge < -0.3 is 10.1 Å². The van der Waals surface area contributed by atoms with Crippen LogP contribution in [0.1, 0.15) is 40.0 Å². The summed E-state index contributed by atoms with van der Waals surface area (Å²) in [5, 5.41) is 3.12. The van der Waals surface area contributed by atoms with Crippen LogP contribution < -0.4 is 5.32 Å². The molecule has 0 aliphatic carbocycles. The smallest absolute Gasteiger partial charge is 0.246 e. The molecule has 4 nitrogen and oxygen atoms in total. The molecule has 2 fully saturated rings. The summed E-state index contributed by atoms with van der Waals surface area (Å²) >= 11 is 0. The van der Waals surface area contributed by atoms with Crippen LogP contribution in [0.2, 0.25) is 0 Å². The van der Waals surface area contributed by atoms with E-state index in [1.54, 1.807) is 0 Å². The zero-order chi connectivity index (χ0) is 12.5. The highest BCUT2D eigenvalue weighted by atomic mass is 16.5. The molecular formula is C13H24N2O2. The lowest BCUT2D eigenvalue weighted by atomic mass is 10.1. The average molecular weight is 240 g/mol. The predicted octanol–water partition coefficient (Wildman–Crippen LogP) is 1.15. The Morgan fingerprint density at radius 3 is 2.82 bits per heavy atom. The molecule has 0 aromatic carbocycles. The number of carbonyl (C=O) groups is 1. The minimum Gasteiger partial charge on any atom is -0.366 e. The molecule has 0 saturated carbocycles. The monoisotopic (exact) mass is 240 g/mol. The quantitative estimate of drug-likeness (QED) is 0.804. The lowest BCUT2D eigenvalue weighted by Crippen LogP contribution is -2.44. The predicted molar refractivity (Wildman–Crippen MR) is 66.8 cm³/mol. The van der Waals surface area contributed by atoms with E-state index in [0.717, 1.165) is 13.0 Å². The van der Waals surface area contributed by atoms with Gasteiger partial charge in [-0.1, -0.05) is 0 Å². The molecular weight excluding hydrogens is 216 g/mol. The molecule has 98 valence electrons. The number of hydrogen-bond acceptors (Lipinski definition) is 3. The Morgan fingerprint density at radius 2 is 2.12 bits per heavy atom. The topological polar surface area (TPSA) is 41.6 Å². The van der Waals surface area contributed by atoms with E-state index < -0.39 is 0 Å². The van der Waals surface area contributed by atoms with Crippen LogP contribution in [0.4, 0.5) is 0 Å². The summed E-state index contributed by atoms with van der Waals surface area (Å²) in [5.74, 6) is 0.0266. The van der Waals surface area contributed by atoms with Gasteiger partial charge >= 0.3 is 0 Å². The Hall–Kier alpha value is -0.610. The number of carbonyl (C=O) groups excluding carboxylic acids is 1. The van der Waals surface area contributed by atoms with E-state index in [9.17, 15) is 4.79 Å². The SMILES string of the molecule is CC(C)(C)OCC(=O)NC1CCN2CCCC12. The fourth-order valence-corrected chi connectivity index (χ4v) is 2.78. The van der Waals surface area contributed by atoms with Gasteiger partial charge in [-0.3, -0.25) is 9.69 Å². The molecule has 0 bridgehead atoms. The maximum atomic E-state index is 11.8. The van der Waals surface area contributed by atoms with Gasteiger partial charge in [0.05, 0.1) is 5.60 Å². The van der Waals surface area contributed by atoms with Gasteiger partial charge in [-0.15, -0.1) is 0 Å². The Labute approximate surface area is 104 Å². The van der Waals surface area contributed by atoms with Gasteiger partial charge in [-0.25, -0.2) is 0 Å². The molecule has 17 heavy (non-hydrogen) atoms. The molecule has 2 aliphatic rings. The second-order valence-electron chi connectivity index (χ2n) is 6.11. The highest BCUT2D eigenvalue weighted by Gasteiger charge is 2.37. The molecule has 1 N–H and O–H groups in total. The van der Waals surface area contributed by atoms with Crippen molar-refractivity contribution in [2.24, 2.45) is 0 Å². The molecule has 2 aliphatic heterocycles. The second-order valence-corrected chi connectivity index (χ2v) is 6.11. The molecule has 2 heterocycles. The summed E-state index contributed by atoms with van der Waals surface area (Å²) in [6.07, 6.45) is 3.59. The van der Waals surface area contributed by atoms with Crippen molar-refractivity contribution in [3.63, 3.8) is 0 Å². The van der Waals surface area contributed by atoms with E-state index >= 15 is 0 Å². The number of ether oxygens (including phenoxy) is 1. The first-order chi connectivity index (χ1) is 7.96. The molecule has 0 aromatic heterocycles. The first kappa shape index (κ1) is 12.8. The lowest BCUT2D eigenvalue weighted by molar-refractivity contribution is -0.131. The molecule has 2 rings (SSSR count). The summed E-state index contributed by atoms with van der Waals surface area (Å²) in [7, 11) is 0. The number of amides is 1. The van der Waals surface area contributed by atoms with E-state index in [-0.39, 0.29) is 18.1 Å². The van der Waals surface area contributed by atoms with Crippen LogP contribution in [0, 0.1) is 0 Å². The van der Waals surface area contributed by atoms with Gasteiger partial charge in [0, 0.05) is 18.6 Å². The van der Waals surface area contributed by atoms with Crippen LogP contribution in [-0.4, -0.2) is 48.2 Å². The molecule has 2 unspecified atom stereocenters. The van der Waals surface area contributed by atoms with E-state index in [1.165, 1.54) is 19.4 Å². The summed E-state index contributed by atoms with van der Waals surface area (Å²) in [6.45, 7) is 8.41. The van der Waals surface area contributed by atoms with Crippen molar-refractivity contribution in [2.75, 3.05) is 19.7 Å². The van der Waals surface area contributed by atoms with Gasteiger partial charge in [0.2, 0.25) is 5.91 Å². The Bertz CT molecular complexity index is 286. The van der Waals surface area contributed by atoms with Gasteiger partial charge in [-0.2, -0.15) is 0 Å². The Morgan fingerprint density at radius 1 is 1.35 bits per heavy atom. The van der Waals surface area contributed by atoms with Gasteiger partial charge in [0.15, 0.2) is 0 Å². The average Bonchev–Trinajstić information content (AvgIpc) is 2.79. The third-order valence-corrected chi connectivity index (χ3v) is 3.59. The van der Waals surface area contributed by atoms with Crippen LogP contribution >= 0.6 is 0 Å². The van der Waals surface area contributed by atoms with Crippen molar-refractivity contribution in [3.05, 3.63) is 0 Å². The van der Waals surface area contributed by atoms with Crippen molar-refractivity contribution < 1.29 is 9.53 Å². The van der Waals surface area contributed by atoms with Gasteiger partial charge in [-0.05, 0) is 46.6 Å². The molecule has 0 aromatic rings. The summed E-state index contributed by atoms with van der Waals surface area (Å²) < 4.78 is 5.49. The van der Waals surface area contributed by atoms with Crippen LogP contribution in [0.3, 0.4) is 0 Å². The molecule has 1 amide bonds. The zero-order valence-electron chi connectivity index (χ0n) is 11.2. The normalized spacial score (nSPS) is 29.4. The maximum Gasteiger partial charge on any atom is 0.246 e. The van der Waals surface area contributed by atoms with Crippen LogP contribution in [0.15, 0.2) is 0 Å². The van der Waals surface area contributed by atoms with E-state index in [2.05, 4.69) is 10.2 Å². The van der Waals surface area contributed by atoms with Crippen molar-refractivity contribution in [3.8, 4) is 0 Å². The number of fused-ring (bicyclic) bond motifs is 1. The second kappa shape index (κ2) is 4.94. The van der Waals surface area contributed by atoms with Crippen LogP contribution in [0.25, 0.3) is 0 Å². The van der Waals surface area contributed by atoms with E-state index in [4.69, 9.17) is 4.74 Å². The zero-order valence-corrected chi connectivity index (χ0v) is 11.2. The fraction of sp³-hybridized carbons (Fsp3) is 0.923. The highest BCUT2D eigenvalue weighted by Crippen LogP contribution is 2.27. The Balaban J connectivity index is 1.75. The summed E-state index contributed by atoms with van der Waals surface area (Å²) in [6, 6.07) is 0.919. The molecule has 2 saturated heterocycles. The standard InChI is InChI=1S/C13H24N2O2/c1-13(2,3)17-9-12(16)14-10-6-8-15-7-4-5-11(10)15/h10-11H,4-9H2,1-3H3,(H,14,16). The maximum absolute atomic E-state index is 11.8. The van der Waals surface area contributed by atoms with Gasteiger partial charge in [0.1, 0.15) is 6.61 Å². The molecule has 2 atom stereocenters. The first-order valence-electron chi connectivity index (χ1n) is 6.63. The summed E-state index contributed by atoms with van der Waals surface area (Å²) in [4.78, 5) is 14.3. The minimum absolute atomic E-state index is 0.0266. The van der Waals surface area contributed by atoms with Crippen molar-refractivity contribution >= 4 is 5.91 Å². The van der Waals surface area contributed by atoms with Gasteiger partial charge in [0.25, 0.3) is 0 Å². The number of nitrogens with zero attached hydrogens (tertiary/aromatic N) is 1. The van der Waals surface area contributed by atoms with Crippen molar-refractivity contribution in [1.82, 2.24) is 10.2 Å². The molecule has 0 spiro atoms. The Kier molecular flexibility index (Phi) is 3.73. The van der Waals surface area contributed by atoms with Crippen molar-refractivity contribution in [2.45, 2.75) is 57.7 Å². The van der Waals surface area contributed by atoms with E-state index in [0.29, 0.717) is 12.1 Å².